The lowest BCUT2D eigenvalue weighted by molar-refractivity contribution is 0.0945. The average Bonchev–Trinajstić information content (AvgIpc) is 2.51. The van der Waals surface area contributed by atoms with Crippen LogP contribution in [0.2, 0.25) is 0 Å². The van der Waals surface area contributed by atoms with Crippen LogP contribution in [-0.2, 0) is 0 Å². The van der Waals surface area contributed by atoms with Crippen molar-refractivity contribution in [2.45, 2.75) is 25.7 Å². The summed E-state index contributed by atoms with van der Waals surface area (Å²) in [5.41, 5.74) is 1.25. The molecule has 0 amide bonds. The molecule has 0 radical (unpaired) electrons. The molecular formula is C16H22FN3O. The molecule has 0 saturated carbocycles. The Kier molecular flexibility index (Phi) is 3.93. The highest BCUT2D eigenvalue weighted by Crippen LogP contribution is 2.42. The molecule has 2 fully saturated rings. The molecule has 1 aromatic rings. The normalized spacial score (nSPS) is 22.5. The predicted molar refractivity (Wildman–Crippen MR) is 82.5 cm³/mol. The minimum atomic E-state index is -0.526. The van der Waals surface area contributed by atoms with Crippen molar-refractivity contribution in [1.82, 2.24) is 4.90 Å². The van der Waals surface area contributed by atoms with E-state index in [9.17, 15) is 9.30 Å². The summed E-state index contributed by atoms with van der Waals surface area (Å²) in [6.07, 6.45) is 4.91. The van der Waals surface area contributed by atoms with Gasteiger partial charge in [-0.1, -0.05) is 0 Å². The van der Waals surface area contributed by atoms with Gasteiger partial charge in [-0.15, -0.1) is 4.91 Å². The maximum atomic E-state index is 13.7. The topological polar surface area (TPSA) is 35.9 Å². The molecule has 2 aliphatic rings. The second-order valence-corrected chi connectivity index (χ2v) is 6.52. The second kappa shape index (κ2) is 5.72. The Morgan fingerprint density at radius 2 is 1.71 bits per heavy atom. The van der Waals surface area contributed by atoms with Crippen LogP contribution in [-0.4, -0.2) is 38.1 Å². The van der Waals surface area contributed by atoms with Gasteiger partial charge in [-0.3, -0.25) is 0 Å². The fourth-order valence-electron chi connectivity index (χ4n) is 3.60. The molecule has 0 N–H and O–H groups in total. The fraction of sp³-hybridized carbons (Fsp3) is 0.625. The maximum absolute atomic E-state index is 13.7. The van der Waals surface area contributed by atoms with Crippen molar-refractivity contribution in [3.05, 3.63) is 28.9 Å². The molecule has 114 valence electrons. The highest BCUT2D eigenvalue weighted by Gasteiger charge is 2.36. The summed E-state index contributed by atoms with van der Waals surface area (Å²) in [5.74, 6) is -0.526. The van der Waals surface area contributed by atoms with E-state index in [0.717, 1.165) is 18.8 Å². The zero-order chi connectivity index (χ0) is 14.9. The average molecular weight is 291 g/mol. The summed E-state index contributed by atoms with van der Waals surface area (Å²) in [6, 6.07) is 4.70. The van der Waals surface area contributed by atoms with Crippen LogP contribution in [0.25, 0.3) is 0 Å². The Morgan fingerprint density at radius 1 is 1.10 bits per heavy atom. The van der Waals surface area contributed by atoms with Gasteiger partial charge in [0, 0.05) is 18.8 Å². The van der Waals surface area contributed by atoms with Crippen molar-refractivity contribution in [1.29, 1.82) is 0 Å². The van der Waals surface area contributed by atoms with Crippen molar-refractivity contribution >= 4 is 11.4 Å². The Balaban J connectivity index is 1.65. The Labute approximate surface area is 124 Å². The summed E-state index contributed by atoms with van der Waals surface area (Å²) in [7, 11) is 2.19. The molecule has 0 aliphatic carbocycles. The van der Waals surface area contributed by atoms with Crippen LogP contribution in [0.3, 0.4) is 0 Å². The SMILES string of the molecule is CN1CCC2(CC1)CCN(c1ccc(N=O)c(F)c1)CC2. The number of nitrogens with zero attached hydrogens (tertiary/aromatic N) is 3. The number of hydrogen-bond donors (Lipinski definition) is 0. The number of halogens is 1. The third-order valence-electron chi connectivity index (χ3n) is 5.27. The van der Waals surface area contributed by atoms with E-state index in [0.29, 0.717) is 5.41 Å². The van der Waals surface area contributed by atoms with Crippen LogP contribution >= 0.6 is 0 Å². The van der Waals surface area contributed by atoms with E-state index in [2.05, 4.69) is 22.0 Å². The molecule has 3 rings (SSSR count). The fourth-order valence-corrected chi connectivity index (χ4v) is 3.60. The summed E-state index contributed by atoms with van der Waals surface area (Å²) >= 11 is 0. The first-order valence-electron chi connectivity index (χ1n) is 7.68. The van der Waals surface area contributed by atoms with Crippen molar-refractivity contribution < 1.29 is 4.39 Å². The van der Waals surface area contributed by atoms with Crippen LogP contribution in [0, 0.1) is 16.1 Å². The Bertz CT molecular complexity index is 516. The van der Waals surface area contributed by atoms with E-state index in [1.54, 1.807) is 6.07 Å². The monoisotopic (exact) mass is 291 g/mol. The molecular weight excluding hydrogens is 269 g/mol. The Morgan fingerprint density at radius 3 is 2.29 bits per heavy atom. The summed E-state index contributed by atoms with van der Waals surface area (Å²) in [5, 5.41) is 2.68. The van der Waals surface area contributed by atoms with Gasteiger partial charge in [0.2, 0.25) is 0 Å². The largest absolute Gasteiger partial charge is 0.371 e. The van der Waals surface area contributed by atoms with Gasteiger partial charge in [-0.25, -0.2) is 4.39 Å². The molecule has 0 unspecified atom stereocenters. The van der Waals surface area contributed by atoms with E-state index in [4.69, 9.17) is 0 Å². The van der Waals surface area contributed by atoms with Crippen LogP contribution in [0.1, 0.15) is 25.7 Å². The molecule has 0 atom stereocenters. The number of hydrogen-bond acceptors (Lipinski definition) is 4. The number of rotatable bonds is 2. The van der Waals surface area contributed by atoms with Crippen LogP contribution in [0.15, 0.2) is 23.4 Å². The number of benzene rings is 1. The molecule has 0 aromatic heterocycles. The smallest absolute Gasteiger partial charge is 0.154 e. The molecule has 1 aromatic carbocycles. The Hall–Kier alpha value is -1.49. The van der Waals surface area contributed by atoms with E-state index < -0.39 is 5.82 Å². The second-order valence-electron chi connectivity index (χ2n) is 6.52. The summed E-state index contributed by atoms with van der Waals surface area (Å²) in [4.78, 5) is 15.1. The van der Waals surface area contributed by atoms with Gasteiger partial charge in [-0.05, 0) is 74.6 Å². The van der Waals surface area contributed by atoms with Crippen molar-refractivity contribution in [3.8, 4) is 0 Å². The van der Waals surface area contributed by atoms with Crippen molar-refractivity contribution in [2.24, 2.45) is 10.6 Å². The highest BCUT2D eigenvalue weighted by molar-refractivity contribution is 5.54. The van der Waals surface area contributed by atoms with Gasteiger partial charge < -0.3 is 9.80 Å². The molecule has 2 saturated heterocycles. The van der Waals surface area contributed by atoms with Crippen molar-refractivity contribution in [2.75, 3.05) is 38.1 Å². The van der Waals surface area contributed by atoms with Crippen LogP contribution in [0.4, 0.5) is 15.8 Å². The minimum absolute atomic E-state index is 0.109. The molecule has 4 nitrogen and oxygen atoms in total. The van der Waals surface area contributed by atoms with E-state index in [-0.39, 0.29) is 5.69 Å². The lowest BCUT2D eigenvalue weighted by atomic mass is 9.71. The number of nitroso groups, excluding NO2 is 1. The first-order valence-corrected chi connectivity index (χ1v) is 7.68. The number of anilines is 1. The third kappa shape index (κ3) is 2.93. The zero-order valence-electron chi connectivity index (χ0n) is 12.5. The van der Waals surface area contributed by atoms with E-state index >= 15 is 0 Å². The first-order chi connectivity index (χ1) is 10.1. The number of piperidine rings is 2. The molecule has 5 heteroatoms. The van der Waals surface area contributed by atoms with E-state index in [1.165, 1.54) is 50.9 Å². The molecule has 2 aliphatic heterocycles. The quantitative estimate of drug-likeness (QED) is 0.782. The first kappa shape index (κ1) is 14.4. The van der Waals surface area contributed by atoms with Gasteiger partial charge in [0.1, 0.15) is 5.69 Å². The molecule has 2 heterocycles. The van der Waals surface area contributed by atoms with Crippen LogP contribution < -0.4 is 4.90 Å². The van der Waals surface area contributed by atoms with Gasteiger partial charge in [-0.2, -0.15) is 0 Å². The van der Waals surface area contributed by atoms with Crippen molar-refractivity contribution in [3.63, 3.8) is 0 Å². The highest BCUT2D eigenvalue weighted by atomic mass is 19.1. The van der Waals surface area contributed by atoms with Gasteiger partial charge in [0.15, 0.2) is 5.82 Å². The third-order valence-corrected chi connectivity index (χ3v) is 5.27. The number of likely N-dealkylation sites (tertiary alicyclic amines) is 1. The van der Waals surface area contributed by atoms with Gasteiger partial charge in [0.05, 0.1) is 0 Å². The summed E-state index contributed by atoms with van der Waals surface area (Å²) < 4.78 is 13.7. The van der Waals surface area contributed by atoms with Gasteiger partial charge >= 0.3 is 0 Å². The molecule has 0 bridgehead atoms. The molecule has 1 spiro atoms. The minimum Gasteiger partial charge on any atom is -0.371 e. The summed E-state index contributed by atoms with van der Waals surface area (Å²) in [6.45, 7) is 4.32. The maximum Gasteiger partial charge on any atom is 0.154 e. The van der Waals surface area contributed by atoms with Crippen LogP contribution in [0.5, 0.6) is 0 Å². The lowest BCUT2D eigenvalue weighted by Crippen LogP contribution is -2.46. The standard InChI is InChI=1S/C16H22FN3O/c1-19-8-4-16(5-9-19)6-10-20(11-7-16)13-2-3-15(18-21)14(17)12-13/h2-3,12H,4-11H2,1H3. The van der Waals surface area contributed by atoms with E-state index in [1.807, 2.05) is 0 Å². The predicted octanol–water partition coefficient (Wildman–Crippen LogP) is 3.54. The van der Waals surface area contributed by atoms with Gasteiger partial charge in [0.25, 0.3) is 0 Å². The zero-order valence-corrected chi connectivity index (χ0v) is 12.5. The molecule has 21 heavy (non-hydrogen) atoms. The lowest BCUT2D eigenvalue weighted by Gasteiger charge is -2.46.